The second-order valence-corrected chi connectivity index (χ2v) is 3.50. The molecule has 1 rings (SSSR count). The molecule has 0 heterocycles. The van der Waals surface area contributed by atoms with Crippen molar-refractivity contribution in [2.45, 2.75) is 13.3 Å². The van der Waals surface area contributed by atoms with Crippen LogP contribution in [0.15, 0.2) is 24.3 Å². The second kappa shape index (κ2) is 4.08. The van der Waals surface area contributed by atoms with E-state index in [4.69, 9.17) is 5.41 Å². The van der Waals surface area contributed by atoms with E-state index in [0.717, 1.165) is 0 Å². The van der Waals surface area contributed by atoms with Crippen molar-refractivity contribution in [2.75, 3.05) is 14.1 Å². The fourth-order valence-corrected chi connectivity index (χ4v) is 1.06. The molecule has 0 amide bonds. The molecule has 0 aromatic heterocycles. The molecule has 0 bridgehead atoms. The topological polar surface area (TPSA) is 27.1 Å². The molecular formula is C11H16N2. The fraction of sp³-hybridized carbons (Fsp3) is 0.364. The maximum atomic E-state index is 7.66. The molecule has 0 fully saturated rings. The summed E-state index contributed by atoms with van der Waals surface area (Å²) >= 11 is 0. The molecular weight excluding hydrogens is 160 g/mol. The van der Waals surface area contributed by atoms with Crippen LogP contribution in [-0.4, -0.2) is 24.8 Å². The highest BCUT2D eigenvalue weighted by atomic mass is 15.1. The van der Waals surface area contributed by atoms with E-state index in [1.165, 1.54) is 11.1 Å². The summed E-state index contributed by atoms with van der Waals surface area (Å²) in [4.78, 5) is 1.83. The standard InChI is InChI=1S/C11H16N2/c1-9-4-6-10(7-5-9)8-11(12)13(2)3/h4-7,12H,8H2,1-3H3. The van der Waals surface area contributed by atoms with Crippen LogP contribution < -0.4 is 0 Å². The minimum atomic E-state index is 0.642. The van der Waals surface area contributed by atoms with Crippen molar-refractivity contribution < 1.29 is 0 Å². The first-order valence-electron chi connectivity index (χ1n) is 4.40. The van der Waals surface area contributed by atoms with Crippen LogP contribution in [0.25, 0.3) is 0 Å². The Hall–Kier alpha value is -1.31. The van der Waals surface area contributed by atoms with Crippen molar-refractivity contribution in [3.63, 3.8) is 0 Å². The lowest BCUT2D eigenvalue weighted by Crippen LogP contribution is -2.22. The summed E-state index contributed by atoms with van der Waals surface area (Å²) in [6.45, 7) is 2.07. The van der Waals surface area contributed by atoms with Gasteiger partial charge >= 0.3 is 0 Å². The van der Waals surface area contributed by atoms with Crippen molar-refractivity contribution in [2.24, 2.45) is 0 Å². The number of benzene rings is 1. The van der Waals surface area contributed by atoms with Crippen LogP contribution in [0.4, 0.5) is 0 Å². The molecule has 2 nitrogen and oxygen atoms in total. The Balaban J connectivity index is 2.65. The Morgan fingerprint density at radius 3 is 2.23 bits per heavy atom. The van der Waals surface area contributed by atoms with Crippen molar-refractivity contribution in [3.8, 4) is 0 Å². The van der Waals surface area contributed by atoms with Crippen LogP contribution in [0.2, 0.25) is 0 Å². The molecule has 0 aliphatic rings. The summed E-state index contributed by atoms with van der Waals surface area (Å²) in [6.07, 6.45) is 0.716. The van der Waals surface area contributed by atoms with Gasteiger partial charge in [-0.15, -0.1) is 0 Å². The molecule has 0 radical (unpaired) electrons. The third-order valence-corrected chi connectivity index (χ3v) is 2.03. The Labute approximate surface area is 79.7 Å². The number of hydrogen-bond acceptors (Lipinski definition) is 1. The number of likely N-dealkylation sites (N-methyl/N-ethyl adjacent to an activating group) is 1. The lowest BCUT2D eigenvalue weighted by molar-refractivity contribution is 0.605. The predicted molar refractivity (Wildman–Crippen MR) is 56.3 cm³/mol. The van der Waals surface area contributed by atoms with E-state index in [9.17, 15) is 0 Å². The average molecular weight is 176 g/mol. The number of nitrogens with zero attached hydrogens (tertiary/aromatic N) is 1. The van der Waals surface area contributed by atoms with Crippen LogP contribution >= 0.6 is 0 Å². The number of nitrogens with one attached hydrogen (secondary N) is 1. The Bertz CT molecular complexity index is 285. The first-order valence-corrected chi connectivity index (χ1v) is 4.40. The molecule has 0 atom stereocenters. The van der Waals surface area contributed by atoms with Gasteiger partial charge in [0.05, 0.1) is 5.84 Å². The highest BCUT2D eigenvalue weighted by Gasteiger charge is 2.00. The molecule has 1 aromatic carbocycles. The van der Waals surface area contributed by atoms with E-state index in [1.807, 2.05) is 19.0 Å². The molecule has 0 unspecified atom stereocenters. The van der Waals surface area contributed by atoms with Crippen molar-refractivity contribution >= 4 is 5.84 Å². The van der Waals surface area contributed by atoms with E-state index in [0.29, 0.717) is 12.3 Å². The van der Waals surface area contributed by atoms with E-state index in [2.05, 4.69) is 31.2 Å². The Kier molecular flexibility index (Phi) is 3.07. The first-order chi connectivity index (χ1) is 6.09. The van der Waals surface area contributed by atoms with Gasteiger partial charge in [-0.1, -0.05) is 29.8 Å². The molecule has 0 saturated carbocycles. The minimum Gasteiger partial charge on any atom is -0.366 e. The third kappa shape index (κ3) is 2.90. The Morgan fingerprint density at radius 1 is 1.23 bits per heavy atom. The summed E-state index contributed by atoms with van der Waals surface area (Å²) in [5.74, 6) is 0.642. The van der Waals surface area contributed by atoms with Crippen molar-refractivity contribution in [1.82, 2.24) is 4.90 Å². The summed E-state index contributed by atoms with van der Waals surface area (Å²) in [5, 5.41) is 7.66. The third-order valence-electron chi connectivity index (χ3n) is 2.03. The molecule has 0 aliphatic heterocycles. The van der Waals surface area contributed by atoms with Gasteiger partial charge < -0.3 is 4.90 Å². The Morgan fingerprint density at radius 2 is 1.77 bits per heavy atom. The van der Waals surface area contributed by atoms with E-state index < -0.39 is 0 Å². The van der Waals surface area contributed by atoms with Gasteiger partial charge in [0.25, 0.3) is 0 Å². The number of rotatable bonds is 2. The lowest BCUT2D eigenvalue weighted by Gasteiger charge is -2.13. The first kappa shape index (κ1) is 9.78. The minimum absolute atomic E-state index is 0.642. The van der Waals surface area contributed by atoms with Gasteiger partial charge in [-0.05, 0) is 12.5 Å². The van der Waals surface area contributed by atoms with Gasteiger partial charge in [0.15, 0.2) is 0 Å². The van der Waals surface area contributed by atoms with Gasteiger partial charge in [-0.2, -0.15) is 0 Å². The van der Waals surface area contributed by atoms with Crippen LogP contribution in [0.1, 0.15) is 11.1 Å². The quantitative estimate of drug-likeness (QED) is 0.542. The molecule has 0 saturated heterocycles. The van der Waals surface area contributed by atoms with Gasteiger partial charge in [0, 0.05) is 20.5 Å². The van der Waals surface area contributed by atoms with Crippen molar-refractivity contribution in [3.05, 3.63) is 35.4 Å². The zero-order chi connectivity index (χ0) is 9.84. The summed E-state index contributed by atoms with van der Waals surface area (Å²) in [5.41, 5.74) is 2.46. The van der Waals surface area contributed by atoms with E-state index in [-0.39, 0.29) is 0 Å². The summed E-state index contributed by atoms with van der Waals surface area (Å²) < 4.78 is 0. The van der Waals surface area contributed by atoms with Gasteiger partial charge in [0.1, 0.15) is 0 Å². The molecule has 0 aliphatic carbocycles. The maximum absolute atomic E-state index is 7.66. The number of amidine groups is 1. The zero-order valence-corrected chi connectivity index (χ0v) is 8.46. The second-order valence-electron chi connectivity index (χ2n) is 3.50. The van der Waals surface area contributed by atoms with Crippen LogP contribution in [-0.2, 0) is 6.42 Å². The van der Waals surface area contributed by atoms with Crippen molar-refractivity contribution in [1.29, 1.82) is 5.41 Å². The molecule has 1 N–H and O–H groups in total. The normalized spacial score (nSPS) is 9.77. The summed E-state index contributed by atoms with van der Waals surface area (Å²) in [7, 11) is 3.80. The van der Waals surface area contributed by atoms with Crippen LogP contribution in [0.3, 0.4) is 0 Å². The smallest absolute Gasteiger partial charge is 0.0997 e. The highest BCUT2D eigenvalue weighted by Crippen LogP contribution is 2.04. The molecule has 1 aromatic rings. The number of aryl methyl sites for hydroxylation is 1. The molecule has 70 valence electrons. The van der Waals surface area contributed by atoms with Gasteiger partial charge in [-0.25, -0.2) is 0 Å². The zero-order valence-electron chi connectivity index (χ0n) is 8.46. The van der Waals surface area contributed by atoms with Crippen LogP contribution in [0.5, 0.6) is 0 Å². The predicted octanol–water partition coefficient (Wildman–Crippen LogP) is 2.08. The molecule has 0 spiro atoms. The average Bonchev–Trinajstić information content (AvgIpc) is 2.08. The summed E-state index contributed by atoms with van der Waals surface area (Å²) in [6, 6.07) is 8.32. The highest BCUT2D eigenvalue weighted by molar-refractivity contribution is 5.80. The van der Waals surface area contributed by atoms with Gasteiger partial charge in [-0.3, -0.25) is 5.41 Å². The van der Waals surface area contributed by atoms with E-state index >= 15 is 0 Å². The van der Waals surface area contributed by atoms with Crippen LogP contribution in [0, 0.1) is 12.3 Å². The largest absolute Gasteiger partial charge is 0.366 e. The number of hydrogen-bond donors (Lipinski definition) is 1. The molecule has 13 heavy (non-hydrogen) atoms. The SMILES string of the molecule is Cc1ccc(CC(=N)N(C)C)cc1. The fourth-order valence-electron chi connectivity index (χ4n) is 1.06. The lowest BCUT2D eigenvalue weighted by atomic mass is 10.1. The maximum Gasteiger partial charge on any atom is 0.0997 e. The van der Waals surface area contributed by atoms with E-state index in [1.54, 1.807) is 0 Å². The monoisotopic (exact) mass is 176 g/mol. The van der Waals surface area contributed by atoms with Gasteiger partial charge in [0.2, 0.25) is 0 Å². The molecule has 2 heteroatoms.